The quantitative estimate of drug-likeness (QED) is 0.781. The van der Waals surface area contributed by atoms with E-state index in [1.54, 1.807) is 4.90 Å². The van der Waals surface area contributed by atoms with Gasteiger partial charge in [-0.3, -0.25) is 4.90 Å². The van der Waals surface area contributed by atoms with E-state index in [-0.39, 0.29) is 6.03 Å². The van der Waals surface area contributed by atoms with E-state index >= 15 is 0 Å². The van der Waals surface area contributed by atoms with E-state index in [9.17, 15) is 4.79 Å². The summed E-state index contributed by atoms with van der Waals surface area (Å²) in [6.45, 7) is 3.46. The number of hydrogen-bond donors (Lipinski definition) is 1. The van der Waals surface area contributed by atoms with Gasteiger partial charge < -0.3 is 5.32 Å². The van der Waals surface area contributed by atoms with Crippen molar-refractivity contribution in [1.82, 2.24) is 5.32 Å². The average Bonchev–Trinajstić information content (AvgIpc) is 2.23. The molecule has 0 aromatic heterocycles. The monoisotopic (exact) mass is 224 g/mol. The van der Waals surface area contributed by atoms with Gasteiger partial charge in [0.1, 0.15) is 0 Å². The first kappa shape index (κ1) is 10.3. The SMILES string of the molecule is Cc1ccc(N2CCCNC2=O)cc1Cl. The number of anilines is 1. The molecule has 1 saturated heterocycles. The number of carbonyl (C=O) groups is 1. The van der Waals surface area contributed by atoms with Gasteiger partial charge in [0.25, 0.3) is 0 Å². The number of nitrogens with zero attached hydrogens (tertiary/aromatic N) is 1. The Morgan fingerprint density at radius 2 is 2.27 bits per heavy atom. The van der Waals surface area contributed by atoms with E-state index in [1.165, 1.54) is 0 Å². The third kappa shape index (κ3) is 2.07. The summed E-state index contributed by atoms with van der Waals surface area (Å²) in [5.74, 6) is 0. The van der Waals surface area contributed by atoms with Crippen molar-refractivity contribution in [2.75, 3.05) is 18.0 Å². The molecule has 1 N–H and O–H groups in total. The maximum Gasteiger partial charge on any atom is 0.321 e. The standard InChI is InChI=1S/C11H13ClN2O/c1-8-3-4-9(7-10(8)12)14-6-2-5-13-11(14)15/h3-4,7H,2,5-6H2,1H3,(H,13,15). The van der Waals surface area contributed by atoms with Gasteiger partial charge in [0.2, 0.25) is 0 Å². The van der Waals surface area contributed by atoms with E-state index in [4.69, 9.17) is 11.6 Å². The molecular weight excluding hydrogens is 212 g/mol. The number of rotatable bonds is 1. The van der Waals surface area contributed by atoms with Crippen LogP contribution in [0, 0.1) is 6.92 Å². The summed E-state index contributed by atoms with van der Waals surface area (Å²) in [7, 11) is 0. The smallest absolute Gasteiger partial charge is 0.321 e. The molecule has 4 heteroatoms. The molecule has 2 rings (SSSR count). The molecule has 0 saturated carbocycles. The van der Waals surface area contributed by atoms with Crippen LogP contribution in [0.4, 0.5) is 10.5 Å². The van der Waals surface area contributed by atoms with E-state index in [2.05, 4.69) is 5.32 Å². The van der Waals surface area contributed by atoms with Crippen LogP contribution in [0.2, 0.25) is 5.02 Å². The predicted molar refractivity (Wildman–Crippen MR) is 61.6 cm³/mol. The van der Waals surface area contributed by atoms with E-state index in [0.29, 0.717) is 5.02 Å². The van der Waals surface area contributed by atoms with Crippen LogP contribution in [0.3, 0.4) is 0 Å². The Bertz CT molecular complexity index is 392. The van der Waals surface area contributed by atoms with Crippen LogP contribution in [0.5, 0.6) is 0 Å². The summed E-state index contributed by atoms with van der Waals surface area (Å²) in [6.07, 6.45) is 0.969. The van der Waals surface area contributed by atoms with Crippen molar-refractivity contribution in [3.63, 3.8) is 0 Å². The van der Waals surface area contributed by atoms with E-state index < -0.39 is 0 Å². The van der Waals surface area contributed by atoms with Crippen LogP contribution in [0.1, 0.15) is 12.0 Å². The third-order valence-electron chi connectivity index (χ3n) is 2.55. The lowest BCUT2D eigenvalue weighted by atomic mass is 10.2. The molecule has 0 spiro atoms. The second kappa shape index (κ2) is 4.11. The number of benzene rings is 1. The fraction of sp³-hybridized carbons (Fsp3) is 0.364. The summed E-state index contributed by atoms with van der Waals surface area (Å²) < 4.78 is 0. The molecule has 0 unspecified atom stereocenters. The van der Waals surface area contributed by atoms with Crippen LogP contribution in [-0.4, -0.2) is 19.1 Å². The molecule has 0 bridgehead atoms. The predicted octanol–water partition coefficient (Wildman–Crippen LogP) is 2.57. The zero-order valence-corrected chi connectivity index (χ0v) is 9.34. The van der Waals surface area contributed by atoms with Crippen molar-refractivity contribution in [2.45, 2.75) is 13.3 Å². The lowest BCUT2D eigenvalue weighted by Gasteiger charge is -2.27. The van der Waals surface area contributed by atoms with Gasteiger partial charge in [0, 0.05) is 23.8 Å². The molecule has 0 atom stereocenters. The number of hydrogen-bond acceptors (Lipinski definition) is 1. The highest BCUT2D eigenvalue weighted by atomic mass is 35.5. The fourth-order valence-corrected chi connectivity index (χ4v) is 1.80. The zero-order chi connectivity index (χ0) is 10.8. The second-order valence-corrected chi connectivity index (χ2v) is 4.08. The molecule has 2 amide bonds. The Balaban J connectivity index is 2.28. The largest absolute Gasteiger partial charge is 0.338 e. The highest BCUT2D eigenvalue weighted by Gasteiger charge is 2.19. The Labute approximate surface area is 94.0 Å². The number of nitrogens with one attached hydrogen (secondary N) is 1. The summed E-state index contributed by atoms with van der Waals surface area (Å²) >= 11 is 6.02. The first-order valence-corrected chi connectivity index (χ1v) is 5.38. The van der Waals surface area contributed by atoms with Crippen LogP contribution < -0.4 is 10.2 Å². The summed E-state index contributed by atoms with van der Waals surface area (Å²) in [5, 5.41) is 3.51. The third-order valence-corrected chi connectivity index (χ3v) is 2.95. The summed E-state index contributed by atoms with van der Waals surface area (Å²) in [6, 6.07) is 5.65. The highest BCUT2D eigenvalue weighted by molar-refractivity contribution is 6.31. The molecule has 80 valence electrons. The van der Waals surface area contributed by atoms with Crippen molar-refractivity contribution in [1.29, 1.82) is 0 Å². The fourth-order valence-electron chi connectivity index (χ4n) is 1.63. The number of carbonyl (C=O) groups excluding carboxylic acids is 1. The molecule has 3 nitrogen and oxygen atoms in total. The lowest BCUT2D eigenvalue weighted by molar-refractivity contribution is 0.243. The first-order chi connectivity index (χ1) is 7.18. The summed E-state index contributed by atoms with van der Waals surface area (Å²) in [5.41, 5.74) is 1.89. The Morgan fingerprint density at radius 3 is 2.93 bits per heavy atom. The number of aryl methyl sites for hydroxylation is 1. The van der Waals surface area contributed by atoms with Gasteiger partial charge in [-0.25, -0.2) is 4.79 Å². The van der Waals surface area contributed by atoms with E-state index in [0.717, 1.165) is 30.8 Å². The van der Waals surface area contributed by atoms with Crippen LogP contribution >= 0.6 is 11.6 Å². The normalized spacial score (nSPS) is 16.4. The average molecular weight is 225 g/mol. The second-order valence-electron chi connectivity index (χ2n) is 3.67. The van der Waals surface area contributed by atoms with Crippen LogP contribution in [-0.2, 0) is 0 Å². The topological polar surface area (TPSA) is 32.3 Å². The van der Waals surface area contributed by atoms with Crippen molar-refractivity contribution in [2.24, 2.45) is 0 Å². The molecular formula is C11H13ClN2O. The minimum absolute atomic E-state index is 0.0406. The maximum absolute atomic E-state index is 11.6. The molecule has 1 heterocycles. The van der Waals surface area contributed by atoms with Gasteiger partial charge in [0.15, 0.2) is 0 Å². The van der Waals surface area contributed by atoms with Crippen LogP contribution in [0.15, 0.2) is 18.2 Å². The minimum Gasteiger partial charge on any atom is -0.338 e. The van der Waals surface area contributed by atoms with E-state index in [1.807, 2.05) is 25.1 Å². The van der Waals surface area contributed by atoms with Gasteiger partial charge in [-0.2, -0.15) is 0 Å². The lowest BCUT2D eigenvalue weighted by Crippen LogP contribution is -2.46. The number of halogens is 1. The summed E-state index contributed by atoms with van der Waals surface area (Å²) in [4.78, 5) is 13.3. The van der Waals surface area contributed by atoms with Crippen molar-refractivity contribution in [3.8, 4) is 0 Å². The van der Waals surface area contributed by atoms with Crippen molar-refractivity contribution in [3.05, 3.63) is 28.8 Å². The molecule has 1 aromatic rings. The molecule has 0 radical (unpaired) electrons. The molecule has 1 aromatic carbocycles. The van der Waals surface area contributed by atoms with Gasteiger partial charge in [0.05, 0.1) is 0 Å². The molecule has 1 fully saturated rings. The highest BCUT2D eigenvalue weighted by Crippen LogP contribution is 2.24. The first-order valence-electron chi connectivity index (χ1n) is 5.00. The number of urea groups is 1. The zero-order valence-electron chi connectivity index (χ0n) is 8.59. The molecule has 0 aliphatic carbocycles. The molecule has 15 heavy (non-hydrogen) atoms. The molecule has 1 aliphatic heterocycles. The Hall–Kier alpha value is -1.22. The van der Waals surface area contributed by atoms with Gasteiger partial charge >= 0.3 is 6.03 Å². The Morgan fingerprint density at radius 1 is 1.47 bits per heavy atom. The van der Waals surface area contributed by atoms with Crippen molar-refractivity contribution >= 4 is 23.3 Å². The number of amides is 2. The Kier molecular flexibility index (Phi) is 2.82. The van der Waals surface area contributed by atoms with Crippen molar-refractivity contribution < 1.29 is 4.79 Å². The molecule has 1 aliphatic rings. The maximum atomic E-state index is 11.6. The van der Waals surface area contributed by atoms with Gasteiger partial charge in [-0.15, -0.1) is 0 Å². The minimum atomic E-state index is -0.0406. The van der Waals surface area contributed by atoms with Gasteiger partial charge in [-0.05, 0) is 31.0 Å². The van der Waals surface area contributed by atoms with Gasteiger partial charge in [-0.1, -0.05) is 17.7 Å². The van der Waals surface area contributed by atoms with Crippen LogP contribution in [0.25, 0.3) is 0 Å².